The molecule has 24 heavy (non-hydrogen) atoms. The molecule has 0 aliphatic carbocycles. The van der Waals surface area contributed by atoms with Crippen LogP contribution in [0.4, 0.5) is 5.69 Å². The zero-order valence-electron chi connectivity index (χ0n) is 13.0. The quantitative estimate of drug-likeness (QED) is 0.739. The van der Waals surface area contributed by atoms with E-state index in [-0.39, 0.29) is 11.8 Å². The van der Waals surface area contributed by atoms with Gasteiger partial charge in [-0.25, -0.2) is 0 Å². The number of nitrogen functional groups attached to an aromatic ring is 1. The van der Waals surface area contributed by atoms with Crippen LogP contribution in [0.3, 0.4) is 0 Å². The predicted octanol–water partition coefficient (Wildman–Crippen LogP) is 1.69. The molecule has 1 fully saturated rings. The fourth-order valence-electron chi connectivity index (χ4n) is 2.71. The average Bonchev–Trinajstić information content (AvgIpc) is 2.56. The van der Waals surface area contributed by atoms with Gasteiger partial charge < -0.3 is 16.4 Å². The van der Waals surface area contributed by atoms with E-state index in [1.54, 1.807) is 24.3 Å². The number of nitrogens with two attached hydrogens (primary N) is 1. The molecular weight excluding hydrogens is 326 g/mol. The maximum Gasteiger partial charge on any atom is 0.243 e. The number of hydrogen-bond donors (Lipinski definition) is 3. The lowest BCUT2D eigenvalue weighted by molar-refractivity contribution is -0.136. The van der Waals surface area contributed by atoms with Crippen LogP contribution >= 0.6 is 11.6 Å². The van der Waals surface area contributed by atoms with Crippen molar-refractivity contribution in [1.29, 1.82) is 0 Å². The highest BCUT2D eigenvalue weighted by atomic mass is 35.5. The highest BCUT2D eigenvalue weighted by Crippen LogP contribution is 2.14. The molecule has 1 aliphatic heterocycles. The SMILES string of the molecule is Nc1ccc(C[C@@H]2NC(=O)[C@H](Cc3ccc(Cl)cc3)NC2=O)cc1. The second kappa shape index (κ2) is 6.93. The van der Waals surface area contributed by atoms with Crippen LogP contribution in [0.15, 0.2) is 48.5 Å². The molecule has 124 valence electrons. The number of carbonyl (C=O) groups excluding carboxylic acids is 2. The van der Waals surface area contributed by atoms with Gasteiger partial charge in [-0.2, -0.15) is 0 Å². The lowest BCUT2D eigenvalue weighted by Crippen LogP contribution is -2.62. The minimum atomic E-state index is -0.568. The third-order valence-corrected chi connectivity index (χ3v) is 4.29. The zero-order valence-corrected chi connectivity index (χ0v) is 13.7. The van der Waals surface area contributed by atoms with Crippen molar-refractivity contribution in [3.05, 3.63) is 64.7 Å². The lowest BCUT2D eigenvalue weighted by Gasteiger charge is -2.29. The van der Waals surface area contributed by atoms with E-state index in [0.29, 0.717) is 23.6 Å². The first-order valence-corrected chi connectivity index (χ1v) is 8.08. The second-order valence-corrected chi connectivity index (χ2v) is 6.34. The van der Waals surface area contributed by atoms with Gasteiger partial charge in [-0.05, 0) is 35.4 Å². The molecule has 0 unspecified atom stereocenters. The number of rotatable bonds is 4. The van der Waals surface area contributed by atoms with Crippen molar-refractivity contribution < 1.29 is 9.59 Å². The highest BCUT2D eigenvalue weighted by Gasteiger charge is 2.33. The molecule has 0 radical (unpaired) electrons. The Hall–Kier alpha value is -2.53. The molecule has 6 heteroatoms. The fraction of sp³-hybridized carbons (Fsp3) is 0.222. The van der Waals surface area contributed by atoms with Crippen molar-refractivity contribution in [3.8, 4) is 0 Å². The van der Waals surface area contributed by atoms with Crippen molar-refractivity contribution in [1.82, 2.24) is 10.6 Å². The summed E-state index contributed by atoms with van der Waals surface area (Å²) in [6.07, 6.45) is 0.870. The molecule has 1 aliphatic rings. The normalized spacial score (nSPS) is 20.4. The van der Waals surface area contributed by atoms with Gasteiger partial charge in [-0.1, -0.05) is 35.9 Å². The average molecular weight is 344 g/mol. The largest absolute Gasteiger partial charge is 0.399 e. The number of amides is 2. The number of hydrogen-bond acceptors (Lipinski definition) is 3. The van der Waals surface area contributed by atoms with Gasteiger partial charge >= 0.3 is 0 Å². The maximum absolute atomic E-state index is 12.3. The van der Waals surface area contributed by atoms with E-state index in [1.165, 1.54) is 0 Å². The van der Waals surface area contributed by atoms with Gasteiger partial charge in [-0.15, -0.1) is 0 Å². The number of anilines is 1. The maximum atomic E-state index is 12.3. The molecule has 5 nitrogen and oxygen atoms in total. The van der Waals surface area contributed by atoms with Gasteiger partial charge in [-0.3, -0.25) is 9.59 Å². The van der Waals surface area contributed by atoms with E-state index in [2.05, 4.69) is 10.6 Å². The summed E-state index contributed by atoms with van der Waals surface area (Å²) in [4.78, 5) is 24.6. The van der Waals surface area contributed by atoms with Gasteiger partial charge in [0.15, 0.2) is 0 Å². The van der Waals surface area contributed by atoms with Crippen molar-refractivity contribution in [2.75, 3.05) is 5.73 Å². The minimum absolute atomic E-state index is 0.176. The van der Waals surface area contributed by atoms with E-state index in [9.17, 15) is 9.59 Å². The monoisotopic (exact) mass is 343 g/mol. The molecule has 2 amide bonds. The third-order valence-electron chi connectivity index (χ3n) is 4.04. The van der Waals surface area contributed by atoms with Crippen LogP contribution < -0.4 is 16.4 Å². The smallest absolute Gasteiger partial charge is 0.243 e. The first kappa shape index (κ1) is 16.3. The van der Waals surface area contributed by atoms with Crippen molar-refractivity contribution in [2.24, 2.45) is 0 Å². The van der Waals surface area contributed by atoms with Gasteiger partial charge in [0.05, 0.1) is 0 Å². The zero-order chi connectivity index (χ0) is 17.1. The van der Waals surface area contributed by atoms with Crippen LogP contribution in [0.5, 0.6) is 0 Å². The molecule has 0 bridgehead atoms. The van der Waals surface area contributed by atoms with Crippen molar-refractivity contribution in [2.45, 2.75) is 24.9 Å². The fourth-order valence-corrected chi connectivity index (χ4v) is 2.83. The number of nitrogens with one attached hydrogen (secondary N) is 2. The summed E-state index contributed by atoms with van der Waals surface area (Å²) in [5, 5.41) is 6.24. The van der Waals surface area contributed by atoms with Crippen molar-refractivity contribution >= 4 is 29.1 Å². The topological polar surface area (TPSA) is 84.2 Å². The first-order chi connectivity index (χ1) is 11.5. The van der Waals surface area contributed by atoms with Crippen LogP contribution in [0, 0.1) is 0 Å². The Balaban J connectivity index is 1.63. The van der Waals surface area contributed by atoms with Crippen LogP contribution in [-0.4, -0.2) is 23.9 Å². The summed E-state index contributed by atoms with van der Waals surface area (Å²) in [6.45, 7) is 0. The molecule has 1 heterocycles. The van der Waals surface area contributed by atoms with E-state index in [0.717, 1.165) is 11.1 Å². The Morgan fingerprint density at radius 2 is 1.21 bits per heavy atom. The van der Waals surface area contributed by atoms with Crippen LogP contribution in [-0.2, 0) is 22.4 Å². The molecule has 0 aromatic heterocycles. The summed E-state index contributed by atoms with van der Waals surface area (Å²) < 4.78 is 0. The second-order valence-electron chi connectivity index (χ2n) is 5.90. The summed E-state index contributed by atoms with van der Waals surface area (Å²) >= 11 is 5.86. The molecular formula is C18H18ClN3O2. The molecule has 0 saturated carbocycles. The Kier molecular flexibility index (Phi) is 4.71. The van der Waals surface area contributed by atoms with Crippen LogP contribution in [0.25, 0.3) is 0 Å². The molecule has 2 aromatic carbocycles. The van der Waals surface area contributed by atoms with Gasteiger partial charge in [0.25, 0.3) is 0 Å². The third kappa shape index (κ3) is 3.86. The van der Waals surface area contributed by atoms with E-state index >= 15 is 0 Å². The Morgan fingerprint density at radius 1 is 0.792 bits per heavy atom. The van der Waals surface area contributed by atoms with E-state index in [4.69, 9.17) is 17.3 Å². The molecule has 3 rings (SSSR count). The van der Waals surface area contributed by atoms with E-state index < -0.39 is 12.1 Å². The highest BCUT2D eigenvalue weighted by molar-refractivity contribution is 6.30. The summed E-state index contributed by atoms with van der Waals surface area (Å²) in [5.41, 5.74) is 8.21. The lowest BCUT2D eigenvalue weighted by atomic mass is 9.98. The minimum Gasteiger partial charge on any atom is -0.399 e. The summed E-state index contributed by atoms with van der Waals surface area (Å²) in [7, 11) is 0. The van der Waals surface area contributed by atoms with Crippen molar-refractivity contribution in [3.63, 3.8) is 0 Å². The summed E-state index contributed by atoms with van der Waals surface area (Å²) in [5.74, 6) is -0.351. The molecule has 4 N–H and O–H groups in total. The summed E-state index contributed by atoms with van der Waals surface area (Å²) in [6, 6.07) is 13.4. The standard InChI is InChI=1S/C18H18ClN3O2/c19-13-5-1-11(2-6-13)9-15-17(23)22-16(18(24)21-15)10-12-3-7-14(20)8-4-12/h1-8,15-16H,9-10,20H2,(H,21,24)(H,22,23)/t15-,16-/m0/s1. The van der Waals surface area contributed by atoms with Gasteiger partial charge in [0, 0.05) is 23.6 Å². The number of carbonyl (C=O) groups is 2. The molecule has 2 atom stereocenters. The Bertz CT molecular complexity index is 678. The van der Waals surface area contributed by atoms with Gasteiger partial charge in [0.2, 0.25) is 11.8 Å². The number of piperazine rings is 1. The van der Waals surface area contributed by atoms with Crippen LogP contribution in [0.2, 0.25) is 5.02 Å². The number of benzene rings is 2. The van der Waals surface area contributed by atoms with Crippen LogP contribution in [0.1, 0.15) is 11.1 Å². The molecule has 1 saturated heterocycles. The molecule has 0 spiro atoms. The van der Waals surface area contributed by atoms with E-state index in [1.807, 2.05) is 24.3 Å². The Labute approximate surface area is 145 Å². The number of halogens is 1. The molecule has 2 aromatic rings. The Morgan fingerprint density at radius 3 is 1.67 bits per heavy atom. The predicted molar refractivity (Wildman–Crippen MR) is 93.6 cm³/mol. The van der Waals surface area contributed by atoms with Gasteiger partial charge in [0.1, 0.15) is 12.1 Å². The first-order valence-electron chi connectivity index (χ1n) is 7.71.